The number of hydrogen-bond donors (Lipinski definition) is 0. The number of fused-ring (bicyclic) bond motifs is 1. The van der Waals surface area contributed by atoms with E-state index in [0.717, 1.165) is 72.3 Å². The maximum Gasteiger partial charge on any atom is 0.251 e. The largest absolute Gasteiger partial charge is 0.490 e. The zero-order valence-electron chi connectivity index (χ0n) is 20.3. The zero-order chi connectivity index (χ0) is 23.5. The number of pyridine rings is 1. The molecule has 2 saturated heterocycles. The Balaban J connectivity index is 0.00000289. The first kappa shape index (κ1) is 25.3. The number of piperidine rings is 1. The molecule has 0 radical (unpaired) electrons. The molecule has 2 aliphatic rings. The Morgan fingerprint density at radius 1 is 1.06 bits per heavy atom. The summed E-state index contributed by atoms with van der Waals surface area (Å²) in [7, 11) is 0. The third kappa shape index (κ3) is 5.71. The molecule has 1 atom stereocenters. The molecule has 0 aliphatic carbocycles. The monoisotopic (exact) mass is 496 g/mol. The van der Waals surface area contributed by atoms with Crippen LogP contribution in [0.15, 0.2) is 54.7 Å². The van der Waals surface area contributed by atoms with Crippen molar-refractivity contribution < 1.29 is 19.0 Å². The van der Waals surface area contributed by atoms with Crippen molar-refractivity contribution in [1.29, 1.82) is 0 Å². The van der Waals surface area contributed by atoms with Crippen LogP contribution >= 0.6 is 12.4 Å². The van der Waals surface area contributed by atoms with E-state index in [1.807, 2.05) is 36.9 Å². The van der Waals surface area contributed by atoms with Gasteiger partial charge in [-0.2, -0.15) is 0 Å². The maximum absolute atomic E-state index is 12.6. The quantitative estimate of drug-likeness (QED) is 0.440. The van der Waals surface area contributed by atoms with Gasteiger partial charge in [-0.15, -0.1) is 12.4 Å². The summed E-state index contributed by atoms with van der Waals surface area (Å²) in [6.07, 6.45) is 5.23. The smallest absolute Gasteiger partial charge is 0.251 e. The number of amides is 1. The highest BCUT2D eigenvalue weighted by molar-refractivity contribution is 5.92. The minimum atomic E-state index is -0.236. The second kappa shape index (κ2) is 11.3. The molecule has 35 heavy (non-hydrogen) atoms. The summed E-state index contributed by atoms with van der Waals surface area (Å²) in [5.74, 6) is 1.80. The first-order chi connectivity index (χ1) is 16.6. The van der Waals surface area contributed by atoms with Gasteiger partial charge in [0, 0.05) is 49.7 Å². The Hall–Kier alpha value is -2.83. The van der Waals surface area contributed by atoms with Crippen molar-refractivity contribution in [2.75, 3.05) is 19.7 Å². The SMILES string of the molecule is CC(C)Oc1c(-c2ccc(OC3CCN(C(=O)[C@H]4CCCO4)CC3)cc2)ccc2cccnc12.Cl. The van der Waals surface area contributed by atoms with E-state index in [9.17, 15) is 4.79 Å². The standard InChI is InChI=1S/C28H32N2O4.ClH/c1-19(2)33-27-24(12-9-21-5-3-15-29-26(21)27)20-7-10-22(11-8-20)34-23-13-16-30(17-14-23)28(31)25-6-4-18-32-25;/h3,5,7-12,15,19,23,25H,4,6,13-14,16-18H2,1-2H3;1H/t25-;/m1./s1. The van der Waals surface area contributed by atoms with Gasteiger partial charge in [-0.05, 0) is 56.5 Å². The fourth-order valence-corrected chi connectivity index (χ4v) is 4.78. The van der Waals surface area contributed by atoms with Gasteiger partial charge in [0.1, 0.15) is 23.5 Å². The second-order valence-corrected chi connectivity index (χ2v) is 9.35. The van der Waals surface area contributed by atoms with Crippen LogP contribution in [-0.2, 0) is 9.53 Å². The summed E-state index contributed by atoms with van der Waals surface area (Å²) in [6, 6.07) is 16.3. The Morgan fingerprint density at radius 3 is 2.51 bits per heavy atom. The molecule has 2 aliphatic heterocycles. The van der Waals surface area contributed by atoms with E-state index in [0.29, 0.717) is 6.61 Å². The van der Waals surface area contributed by atoms with E-state index in [1.165, 1.54) is 0 Å². The van der Waals surface area contributed by atoms with Crippen LogP contribution in [0.1, 0.15) is 39.5 Å². The number of benzene rings is 2. The fraction of sp³-hybridized carbons (Fsp3) is 0.429. The molecule has 0 unspecified atom stereocenters. The minimum Gasteiger partial charge on any atom is -0.490 e. The minimum absolute atomic E-state index is 0. The number of carbonyl (C=O) groups excluding carboxylic acids is 1. The molecular formula is C28H33ClN2O4. The van der Waals surface area contributed by atoms with E-state index in [2.05, 4.69) is 35.3 Å². The summed E-state index contributed by atoms with van der Waals surface area (Å²) in [6.45, 7) is 6.21. The Kier molecular flexibility index (Phi) is 8.14. The van der Waals surface area contributed by atoms with E-state index in [-0.39, 0.29) is 36.6 Å². The lowest BCUT2D eigenvalue weighted by atomic mass is 10.0. The van der Waals surface area contributed by atoms with Crippen LogP contribution in [0.5, 0.6) is 11.5 Å². The second-order valence-electron chi connectivity index (χ2n) is 9.35. The van der Waals surface area contributed by atoms with Gasteiger partial charge in [0.2, 0.25) is 0 Å². The molecular weight excluding hydrogens is 464 g/mol. The van der Waals surface area contributed by atoms with Crippen LogP contribution in [0, 0.1) is 0 Å². The topological polar surface area (TPSA) is 60.9 Å². The predicted octanol–water partition coefficient (Wildman–Crippen LogP) is 5.66. The fourth-order valence-electron chi connectivity index (χ4n) is 4.78. The number of rotatable bonds is 6. The van der Waals surface area contributed by atoms with Gasteiger partial charge in [0.25, 0.3) is 5.91 Å². The van der Waals surface area contributed by atoms with Gasteiger partial charge in [0.15, 0.2) is 5.75 Å². The highest BCUT2D eigenvalue weighted by atomic mass is 35.5. The summed E-state index contributed by atoms with van der Waals surface area (Å²) in [5.41, 5.74) is 2.96. The highest BCUT2D eigenvalue weighted by Gasteiger charge is 2.31. The van der Waals surface area contributed by atoms with Crippen LogP contribution in [0.4, 0.5) is 0 Å². The number of aromatic nitrogens is 1. The van der Waals surface area contributed by atoms with Crippen LogP contribution in [0.3, 0.4) is 0 Å². The molecule has 7 heteroatoms. The molecule has 6 nitrogen and oxygen atoms in total. The number of hydrogen-bond acceptors (Lipinski definition) is 5. The number of ether oxygens (including phenoxy) is 3. The number of likely N-dealkylation sites (tertiary alicyclic amines) is 1. The van der Waals surface area contributed by atoms with Crippen molar-refractivity contribution in [3.8, 4) is 22.6 Å². The van der Waals surface area contributed by atoms with Crippen molar-refractivity contribution in [2.45, 2.75) is 57.8 Å². The van der Waals surface area contributed by atoms with Gasteiger partial charge in [-0.3, -0.25) is 9.78 Å². The third-order valence-corrected chi connectivity index (χ3v) is 6.51. The molecule has 186 valence electrons. The van der Waals surface area contributed by atoms with Crippen molar-refractivity contribution in [3.63, 3.8) is 0 Å². The highest BCUT2D eigenvalue weighted by Crippen LogP contribution is 2.37. The molecule has 3 heterocycles. The molecule has 0 spiro atoms. The summed E-state index contributed by atoms with van der Waals surface area (Å²) >= 11 is 0. The van der Waals surface area contributed by atoms with Gasteiger partial charge in [-0.25, -0.2) is 0 Å². The van der Waals surface area contributed by atoms with Crippen molar-refractivity contribution in [1.82, 2.24) is 9.88 Å². The van der Waals surface area contributed by atoms with E-state index in [1.54, 1.807) is 6.20 Å². The van der Waals surface area contributed by atoms with E-state index >= 15 is 0 Å². The van der Waals surface area contributed by atoms with E-state index in [4.69, 9.17) is 14.2 Å². The van der Waals surface area contributed by atoms with Gasteiger partial charge < -0.3 is 19.1 Å². The molecule has 1 aromatic heterocycles. The molecule has 0 N–H and O–H groups in total. The molecule has 1 amide bonds. The molecule has 0 bridgehead atoms. The average molecular weight is 497 g/mol. The molecule has 0 saturated carbocycles. The molecule has 5 rings (SSSR count). The lowest BCUT2D eigenvalue weighted by Crippen LogP contribution is -2.45. The number of nitrogens with zero attached hydrogens (tertiary/aromatic N) is 2. The molecule has 2 aromatic carbocycles. The van der Waals surface area contributed by atoms with Gasteiger partial charge >= 0.3 is 0 Å². The normalized spacial score (nSPS) is 18.5. The maximum atomic E-state index is 12.6. The summed E-state index contributed by atoms with van der Waals surface area (Å²) < 4.78 is 18.0. The van der Waals surface area contributed by atoms with Crippen LogP contribution in [0.2, 0.25) is 0 Å². The van der Waals surface area contributed by atoms with Crippen molar-refractivity contribution in [3.05, 3.63) is 54.7 Å². The van der Waals surface area contributed by atoms with Gasteiger partial charge in [0.05, 0.1) is 6.10 Å². The molecule has 3 aromatic rings. The lowest BCUT2D eigenvalue weighted by molar-refractivity contribution is -0.142. The third-order valence-electron chi connectivity index (χ3n) is 6.51. The van der Waals surface area contributed by atoms with Crippen molar-refractivity contribution in [2.24, 2.45) is 0 Å². The summed E-state index contributed by atoms with van der Waals surface area (Å²) in [5, 5.41) is 1.06. The van der Waals surface area contributed by atoms with Crippen LogP contribution < -0.4 is 9.47 Å². The Bertz CT molecular complexity index is 1140. The molecule has 2 fully saturated rings. The van der Waals surface area contributed by atoms with Gasteiger partial charge in [-0.1, -0.05) is 24.3 Å². The lowest BCUT2D eigenvalue weighted by Gasteiger charge is -2.33. The van der Waals surface area contributed by atoms with Crippen molar-refractivity contribution >= 4 is 29.2 Å². The first-order valence-corrected chi connectivity index (χ1v) is 12.3. The Morgan fingerprint density at radius 2 is 1.83 bits per heavy atom. The van der Waals surface area contributed by atoms with Crippen LogP contribution in [-0.4, -0.2) is 53.8 Å². The van der Waals surface area contributed by atoms with Crippen LogP contribution in [0.25, 0.3) is 22.0 Å². The number of carbonyl (C=O) groups is 1. The summed E-state index contributed by atoms with van der Waals surface area (Å²) in [4.78, 5) is 19.1. The Labute approximate surface area is 213 Å². The number of halogens is 1. The van der Waals surface area contributed by atoms with E-state index < -0.39 is 0 Å². The predicted molar refractivity (Wildman–Crippen MR) is 139 cm³/mol. The average Bonchev–Trinajstić information content (AvgIpc) is 3.40. The zero-order valence-corrected chi connectivity index (χ0v) is 21.1. The first-order valence-electron chi connectivity index (χ1n) is 12.3.